The molecule has 80 valence electrons. The maximum Gasteiger partial charge on any atom is 0.202 e. The normalized spacial score (nSPS) is 17.3. The molecule has 0 spiro atoms. The smallest absolute Gasteiger partial charge is 0.202 e. The molecule has 0 radical (unpaired) electrons. The van der Waals surface area contributed by atoms with Crippen LogP contribution in [0.2, 0.25) is 5.02 Å². The summed E-state index contributed by atoms with van der Waals surface area (Å²) >= 11 is 5.84. The van der Waals surface area contributed by atoms with Crippen molar-refractivity contribution in [3.63, 3.8) is 0 Å². The van der Waals surface area contributed by atoms with E-state index in [9.17, 15) is 8.42 Å². The quantitative estimate of drug-likeness (QED) is 0.799. The van der Waals surface area contributed by atoms with Gasteiger partial charge in [0.15, 0.2) is 0 Å². The van der Waals surface area contributed by atoms with Crippen molar-refractivity contribution in [3.05, 3.63) is 34.2 Å². The molecule has 1 aromatic rings. The van der Waals surface area contributed by atoms with Gasteiger partial charge in [0.1, 0.15) is 0 Å². The maximum atomic E-state index is 11.7. The lowest BCUT2D eigenvalue weighted by Gasteiger charge is -2.03. The van der Waals surface area contributed by atoms with E-state index in [-0.39, 0.29) is 16.5 Å². The van der Waals surface area contributed by atoms with Crippen LogP contribution in [0.15, 0.2) is 28.5 Å². The van der Waals surface area contributed by atoms with Gasteiger partial charge in [0.2, 0.25) is 9.84 Å². The van der Waals surface area contributed by atoms with Crippen LogP contribution in [0.3, 0.4) is 0 Å². The van der Waals surface area contributed by atoms with E-state index >= 15 is 0 Å². The molecule has 1 aliphatic rings. The van der Waals surface area contributed by atoms with Gasteiger partial charge in [-0.3, -0.25) is 4.84 Å². The molecule has 0 bridgehead atoms. The summed E-state index contributed by atoms with van der Waals surface area (Å²) in [6, 6.07) is 4.90. The number of sulfone groups is 1. The second-order valence-corrected chi connectivity index (χ2v) is 5.26. The SMILES string of the molecule is NOCC1=CS(=O)(=O)c2c(Cl)cccc21. The molecule has 15 heavy (non-hydrogen) atoms. The molecule has 6 heteroatoms. The van der Waals surface area contributed by atoms with Crippen molar-refractivity contribution in [1.82, 2.24) is 0 Å². The Morgan fingerprint density at radius 1 is 1.40 bits per heavy atom. The van der Waals surface area contributed by atoms with E-state index in [4.69, 9.17) is 17.5 Å². The van der Waals surface area contributed by atoms with Crippen molar-refractivity contribution in [1.29, 1.82) is 0 Å². The third kappa shape index (κ3) is 1.68. The van der Waals surface area contributed by atoms with Gasteiger partial charge >= 0.3 is 0 Å². The summed E-state index contributed by atoms with van der Waals surface area (Å²) in [5.41, 5.74) is 1.09. The Bertz CT molecular complexity index is 536. The number of rotatable bonds is 2. The van der Waals surface area contributed by atoms with E-state index in [0.717, 1.165) is 5.41 Å². The Labute approximate surface area is 92.2 Å². The van der Waals surface area contributed by atoms with Crippen molar-refractivity contribution in [2.24, 2.45) is 5.90 Å². The zero-order chi connectivity index (χ0) is 11.1. The van der Waals surface area contributed by atoms with Crippen LogP contribution in [0.25, 0.3) is 5.57 Å². The summed E-state index contributed by atoms with van der Waals surface area (Å²) < 4.78 is 23.4. The van der Waals surface area contributed by atoms with Gasteiger partial charge in [-0.2, -0.15) is 0 Å². The molecular formula is C9H8ClNO3S. The fourth-order valence-electron chi connectivity index (χ4n) is 1.56. The van der Waals surface area contributed by atoms with E-state index in [1.54, 1.807) is 12.1 Å². The lowest BCUT2D eigenvalue weighted by Crippen LogP contribution is -2.02. The predicted octanol–water partition coefficient (Wildman–Crippen LogP) is 1.36. The monoisotopic (exact) mass is 245 g/mol. The Hall–Kier alpha value is -0.880. The van der Waals surface area contributed by atoms with Gasteiger partial charge in [-0.15, -0.1) is 0 Å². The van der Waals surface area contributed by atoms with Crippen molar-refractivity contribution in [3.8, 4) is 0 Å². The Balaban J connectivity index is 2.68. The highest BCUT2D eigenvalue weighted by atomic mass is 35.5. The summed E-state index contributed by atoms with van der Waals surface area (Å²) in [6.07, 6.45) is 0. The Morgan fingerprint density at radius 2 is 2.13 bits per heavy atom. The minimum atomic E-state index is -3.44. The topological polar surface area (TPSA) is 69.4 Å². The van der Waals surface area contributed by atoms with E-state index in [2.05, 4.69) is 4.84 Å². The van der Waals surface area contributed by atoms with Gasteiger partial charge in [0, 0.05) is 16.5 Å². The second kappa shape index (κ2) is 3.61. The zero-order valence-corrected chi connectivity index (χ0v) is 9.18. The molecule has 1 aliphatic heterocycles. The number of hydrogen-bond acceptors (Lipinski definition) is 4. The summed E-state index contributed by atoms with van der Waals surface area (Å²) in [5, 5.41) is 1.35. The molecule has 0 amide bonds. The van der Waals surface area contributed by atoms with Crippen molar-refractivity contribution < 1.29 is 13.3 Å². The fraction of sp³-hybridized carbons (Fsp3) is 0.111. The third-order valence-electron chi connectivity index (χ3n) is 2.13. The molecule has 0 saturated carbocycles. The highest BCUT2D eigenvalue weighted by Crippen LogP contribution is 2.37. The molecule has 2 rings (SSSR count). The average molecular weight is 246 g/mol. The van der Waals surface area contributed by atoms with Gasteiger partial charge in [0.05, 0.1) is 16.5 Å². The summed E-state index contributed by atoms with van der Waals surface area (Å²) in [5.74, 6) is 4.92. The van der Waals surface area contributed by atoms with Crippen LogP contribution in [-0.2, 0) is 14.7 Å². The molecule has 1 aromatic carbocycles. The highest BCUT2D eigenvalue weighted by molar-refractivity contribution is 7.95. The Kier molecular flexibility index (Phi) is 2.56. The van der Waals surface area contributed by atoms with Crippen LogP contribution in [-0.4, -0.2) is 15.0 Å². The van der Waals surface area contributed by atoms with E-state index in [0.29, 0.717) is 11.1 Å². The minimum absolute atomic E-state index is 0.0482. The molecule has 0 unspecified atom stereocenters. The van der Waals surface area contributed by atoms with E-state index < -0.39 is 9.84 Å². The molecule has 2 N–H and O–H groups in total. The van der Waals surface area contributed by atoms with Gasteiger partial charge < -0.3 is 0 Å². The van der Waals surface area contributed by atoms with Crippen LogP contribution < -0.4 is 5.90 Å². The molecular weight excluding hydrogens is 238 g/mol. The Morgan fingerprint density at radius 3 is 2.80 bits per heavy atom. The summed E-state index contributed by atoms with van der Waals surface area (Å²) in [4.78, 5) is 4.58. The van der Waals surface area contributed by atoms with Gasteiger partial charge in [-0.1, -0.05) is 23.7 Å². The first-order valence-corrected chi connectivity index (χ1v) is 6.05. The molecule has 0 fully saturated rings. The first kappa shape index (κ1) is 10.6. The number of halogens is 1. The van der Waals surface area contributed by atoms with Gasteiger partial charge in [0.25, 0.3) is 0 Å². The largest absolute Gasteiger partial charge is 0.300 e. The molecule has 0 saturated heterocycles. The third-order valence-corrected chi connectivity index (χ3v) is 4.16. The molecule has 0 aliphatic carbocycles. The average Bonchev–Trinajstić information content (AvgIpc) is 2.40. The van der Waals surface area contributed by atoms with Crippen LogP contribution in [0, 0.1) is 0 Å². The lowest BCUT2D eigenvalue weighted by atomic mass is 10.1. The first-order valence-electron chi connectivity index (χ1n) is 4.12. The highest BCUT2D eigenvalue weighted by Gasteiger charge is 2.29. The van der Waals surface area contributed by atoms with Gasteiger partial charge in [-0.05, 0) is 6.07 Å². The zero-order valence-electron chi connectivity index (χ0n) is 7.60. The van der Waals surface area contributed by atoms with E-state index in [1.807, 2.05) is 0 Å². The van der Waals surface area contributed by atoms with Gasteiger partial charge in [-0.25, -0.2) is 14.3 Å². The van der Waals surface area contributed by atoms with Crippen LogP contribution in [0.4, 0.5) is 0 Å². The molecule has 4 nitrogen and oxygen atoms in total. The standard InChI is InChI=1S/C9H8ClNO3S/c10-8-3-1-2-7-6(4-14-11)5-15(12,13)9(7)8/h1-3,5H,4,11H2. The van der Waals surface area contributed by atoms with Crippen molar-refractivity contribution >= 4 is 27.0 Å². The molecule has 1 heterocycles. The molecule has 0 aromatic heterocycles. The van der Waals surface area contributed by atoms with Crippen LogP contribution in [0.5, 0.6) is 0 Å². The van der Waals surface area contributed by atoms with Crippen molar-refractivity contribution in [2.75, 3.05) is 6.61 Å². The van der Waals surface area contributed by atoms with E-state index in [1.165, 1.54) is 6.07 Å². The second-order valence-electron chi connectivity index (χ2n) is 3.12. The first-order chi connectivity index (χ1) is 7.06. The van der Waals surface area contributed by atoms with Crippen molar-refractivity contribution in [2.45, 2.75) is 4.90 Å². The maximum absolute atomic E-state index is 11.7. The predicted molar refractivity (Wildman–Crippen MR) is 56.8 cm³/mol. The van der Waals surface area contributed by atoms with Crippen LogP contribution >= 0.6 is 11.6 Å². The summed E-state index contributed by atoms with van der Waals surface area (Å²) in [6.45, 7) is 0.0482. The fourth-order valence-corrected chi connectivity index (χ4v) is 3.59. The summed E-state index contributed by atoms with van der Waals surface area (Å²) in [7, 11) is -3.44. The molecule has 0 atom stereocenters. The number of fused-ring (bicyclic) bond motifs is 1. The number of nitrogens with two attached hydrogens (primary N) is 1. The van der Waals surface area contributed by atoms with Crippen LogP contribution in [0.1, 0.15) is 5.56 Å². The minimum Gasteiger partial charge on any atom is -0.300 e. The lowest BCUT2D eigenvalue weighted by molar-refractivity contribution is 0.173. The number of hydrogen-bond donors (Lipinski definition) is 1. The number of benzene rings is 1.